The molecule has 2 heterocycles. The monoisotopic (exact) mass is 445 g/mol. The van der Waals surface area contributed by atoms with Crippen LogP contribution in [0, 0.1) is 12.8 Å². The third-order valence-electron chi connectivity index (χ3n) is 4.80. The third kappa shape index (κ3) is 4.45. The summed E-state index contributed by atoms with van der Waals surface area (Å²) in [6.07, 6.45) is 1.37. The number of piperidine rings is 1. The van der Waals surface area contributed by atoms with Gasteiger partial charge in [-0.1, -0.05) is 15.9 Å². The summed E-state index contributed by atoms with van der Waals surface area (Å²) in [6, 6.07) is 5.62. The van der Waals surface area contributed by atoms with Crippen molar-refractivity contribution in [3.63, 3.8) is 0 Å². The van der Waals surface area contributed by atoms with Crippen molar-refractivity contribution >= 4 is 37.7 Å². The normalized spacial score (nSPS) is 22.9. The van der Waals surface area contributed by atoms with Crippen molar-refractivity contribution in [2.45, 2.75) is 19.8 Å². The minimum atomic E-state index is -3.54. The van der Waals surface area contributed by atoms with Gasteiger partial charge in [-0.25, -0.2) is 0 Å². The van der Waals surface area contributed by atoms with Gasteiger partial charge < -0.3 is 10.1 Å². The molecule has 1 aromatic carbocycles. The zero-order chi connectivity index (χ0) is 18.7. The van der Waals surface area contributed by atoms with Crippen LogP contribution in [0.15, 0.2) is 22.7 Å². The van der Waals surface area contributed by atoms with E-state index in [1.807, 2.05) is 25.1 Å². The Kier molecular flexibility index (Phi) is 6.34. The van der Waals surface area contributed by atoms with Crippen LogP contribution in [0.5, 0.6) is 0 Å². The van der Waals surface area contributed by atoms with Crippen molar-refractivity contribution in [3.05, 3.63) is 28.2 Å². The van der Waals surface area contributed by atoms with Gasteiger partial charge in [-0.05, 0) is 43.5 Å². The fourth-order valence-electron chi connectivity index (χ4n) is 3.27. The van der Waals surface area contributed by atoms with Crippen molar-refractivity contribution in [2.24, 2.45) is 5.92 Å². The van der Waals surface area contributed by atoms with Gasteiger partial charge in [0.25, 0.3) is 10.2 Å². The predicted molar refractivity (Wildman–Crippen MR) is 103 cm³/mol. The van der Waals surface area contributed by atoms with E-state index in [-0.39, 0.29) is 18.4 Å². The van der Waals surface area contributed by atoms with Gasteiger partial charge >= 0.3 is 0 Å². The highest BCUT2D eigenvalue weighted by Crippen LogP contribution is 2.24. The molecule has 1 unspecified atom stereocenters. The summed E-state index contributed by atoms with van der Waals surface area (Å²) in [5.41, 5.74) is 1.76. The zero-order valence-electron chi connectivity index (χ0n) is 14.8. The van der Waals surface area contributed by atoms with E-state index in [2.05, 4.69) is 21.2 Å². The molecule has 7 nitrogen and oxygen atoms in total. The summed E-state index contributed by atoms with van der Waals surface area (Å²) in [5.74, 6) is -0.475. The van der Waals surface area contributed by atoms with E-state index in [0.717, 1.165) is 15.7 Å². The smallest absolute Gasteiger partial charge is 0.282 e. The van der Waals surface area contributed by atoms with Gasteiger partial charge in [0, 0.05) is 36.3 Å². The molecular formula is C17H24BrN3O4S. The first-order chi connectivity index (χ1) is 12.4. The number of amides is 1. The lowest BCUT2D eigenvalue weighted by molar-refractivity contribution is -0.120. The van der Waals surface area contributed by atoms with Gasteiger partial charge in [0.05, 0.1) is 19.1 Å². The summed E-state index contributed by atoms with van der Waals surface area (Å²) in [7, 11) is -3.54. The van der Waals surface area contributed by atoms with Gasteiger partial charge in [0.1, 0.15) is 0 Å². The van der Waals surface area contributed by atoms with Crippen LogP contribution in [0.4, 0.5) is 5.69 Å². The summed E-state index contributed by atoms with van der Waals surface area (Å²) in [6.45, 7) is 4.21. The van der Waals surface area contributed by atoms with Crippen molar-refractivity contribution < 1.29 is 17.9 Å². The van der Waals surface area contributed by atoms with Gasteiger partial charge in [-0.2, -0.15) is 17.0 Å². The highest BCUT2D eigenvalue weighted by atomic mass is 79.9. The molecule has 1 atom stereocenters. The number of rotatable bonds is 4. The number of benzene rings is 1. The Morgan fingerprint density at radius 3 is 2.65 bits per heavy atom. The lowest BCUT2D eigenvalue weighted by Gasteiger charge is -2.36. The average molecular weight is 446 g/mol. The molecule has 1 N–H and O–H groups in total. The van der Waals surface area contributed by atoms with E-state index in [1.54, 1.807) is 0 Å². The van der Waals surface area contributed by atoms with E-state index in [9.17, 15) is 13.2 Å². The number of morpholine rings is 1. The molecule has 144 valence electrons. The number of anilines is 1. The Labute approximate surface area is 163 Å². The molecule has 1 amide bonds. The Bertz CT molecular complexity index is 765. The maximum Gasteiger partial charge on any atom is 0.282 e. The Morgan fingerprint density at radius 2 is 1.96 bits per heavy atom. The fraction of sp³-hybridized carbons (Fsp3) is 0.588. The van der Waals surface area contributed by atoms with Crippen LogP contribution in [-0.4, -0.2) is 62.3 Å². The number of nitrogens with one attached hydrogen (secondary N) is 1. The molecule has 0 spiro atoms. The molecule has 2 aliphatic heterocycles. The molecule has 2 fully saturated rings. The molecule has 26 heavy (non-hydrogen) atoms. The van der Waals surface area contributed by atoms with Gasteiger partial charge in [-0.3, -0.25) is 4.79 Å². The van der Waals surface area contributed by atoms with Crippen molar-refractivity contribution in [1.82, 2.24) is 8.61 Å². The number of ether oxygens (including phenoxy) is 1. The van der Waals surface area contributed by atoms with Crippen molar-refractivity contribution in [3.8, 4) is 0 Å². The lowest BCUT2D eigenvalue weighted by atomic mass is 9.98. The second-order valence-electron chi connectivity index (χ2n) is 6.67. The Morgan fingerprint density at radius 1 is 1.23 bits per heavy atom. The Hall–Kier alpha value is -1.00. The number of aryl methyl sites for hydroxylation is 1. The van der Waals surface area contributed by atoms with Crippen LogP contribution >= 0.6 is 15.9 Å². The number of carbonyl (C=O) groups is 1. The lowest BCUT2D eigenvalue weighted by Crippen LogP contribution is -2.52. The highest BCUT2D eigenvalue weighted by Gasteiger charge is 2.36. The van der Waals surface area contributed by atoms with Crippen LogP contribution in [0.1, 0.15) is 18.4 Å². The minimum absolute atomic E-state index is 0.131. The fourth-order valence-corrected chi connectivity index (χ4v) is 5.19. The second-order valence-corrected chi connectivity index (χ2v) is 9.45. The van der Waals surface area contributed by atoms with E-state index in [4.69, 9.17) is 4.74 Å². The summed E-state index contributed by atoms with van der Waals surface area (Å²) < 4.78 is 34.7. The molecule has 2 aliphatic rings. The number of hydrogen-bond donors (Lipinski definition) is 1. The van der Waals surface area contributed by atoms with Gasteiger partial charge in [-0.15, -0.1) is 0 Å². The van der Waals surface area contributed by atoms with Crippen LogP contribution < -0.4 is 5.32 Å². The quantitative estimate of drug-likeness (QED) is 0.768. The van der Waals surface area contributed by atoms with E-state index in [0.29, 0.717) is 45.7 Å². The molecule has 9 heteroatoms. The molecule has 0 bridgehead atoms. The van der Waals surface area contributed by atoms with Gasteiger partial charge in [0.15, 0.2) is 0 Å². The molecule has 0 aromatic heterocycles. The van der Waals surface area contributed by atoms with Crippen LogP contribution in [0.25, 0.3) is 0 Å². The van der Waals surface area contributed by atoms with Crippen molar-refractivity contribution in [1.29, 1.82) is 0 Å². The predicted octanol–water partition coefficient (Wildman–Crippen LogP) is 1.99. The van der Waals surface area contributed by atoms with Crippen LogP contribution in [-0.2, 0) is 19.7 Å². The Balaban J connectivity index is 1.65. The minimum Gasteiger partial charge on any atom is -0.379 e. The largest absolute Gasteiger partial charge is 0.379 e. The molecule has 2 saturated heterocycles. The van der Waals surface area contributed by atoms with Gasteiger partial charge in [0.2, 0.25) is 5.91 Å². The molecule has 0 saturated carbocycles. The van der Waals surface area contributed by atoms with E-state index in [1.165, 1.54) is 8.61 Å². The average Bonchev–Trinajstić information content (AvgIpc) is 2.65. The van der Waals surface area contributed by atoms with E-state index < -0.39 is 10.2 Å². The van der Waals surface area contributed by atoms with Crippen molar-refractivity contribution in [2.75, 3.05) is 44.7 Å². The summed E-state index contributed by atoms with van der Waals surface area (Å²) >= 11 is 3.44. The number of hydrogen-bond acceptors (Lipinski definition) is 4. The third-order valence-corrected chi connectivity index (χ3v) is 7.69. The van der Waals surface area contributed by atoms with Crippen LogP contribution in [0.2, 0.25) is 0 Å². The maximum atomic E-state index is 12.8. The topological polar surface area (TPSA) is 79.0 Å². The SMILES string of the molecule is Cc1cc(NC(=O)C2CCCN(S(=O)(=O)N3CCOCC3)C2)ccc1Br. The summed E-state index contributed by atoms with van der Waals surface area (Å²) in [4.78, 5) is 12.6. The summed E-state index contributed by atoms with van der Waals surface area (Å²) in [5, 5.41) is 2.92. The van der Waals surface area contributed by atoms with E-state index >= 15 is 0 Å². The number of carbonyl (C=O) groups excluding carboxylic acids is 1. The zero-order valence-corrected chi connectivity index (χ0v) is 17.2. The second kappa shape index (κ2) is 8.35. The maximum absolute atomic E-state index is 12.8. The molecule has 1 aromatic rings. The first-order valence-corrected chi connectivity index (χ1v) is 11.0. The first-order valence-electron chi connectivity index (χ1n) is 8.78. The molecular weight excluding hydrogens is 422 g/mol. The number of nitrogens with zero attached hydrogens (tertiary/aromatic N) is 2. The first kappa shape index (κ1) is 19.8. The highest BCUT2D eigenvalue weighted by molar-refractivity contribution is 9.10. The molecule has 0 aliphatic carbocycles. The number of halogens is 1. The standard InChI is InChI=1S/C17H24BrN3O4S/c1-13-11-15(4-5-16(13)18)19-17(22)14-3-2-6-21(12-14)26(23,24)20-7-9-25-10-8-20/h4-5,11,14H,2-3,6-10,12H2,1H3,(H,19,22). The molecule has 3 rings (SSSR count). The van der Waals surface area contributed by atoms with Crippen LogP contribution in [0.3, 0.4) is 0 Å². The molecule has 0 radical (unpaired) electrons.